The monoisotopic (exact) mass is 283 g/mol. The molecule has 0 aliphatic heterocycles. The molecule has 2 unspecified atom stereocenters. The molecule has 2 atom stereocenters. The second kappa shape index (κ2) is 7.79. The molecule has 2 nitrogen and oxygen atoms in total. The highest BCUT2D eigenvalue weighted by atomic mass is 16.3. The summed E-state index contributed by atoms with van der Waals surface area (Å²) >= 11 is 0. The zero-order valence-electron chi connectivity index (χ0n) is 14.7. The molecule has 1 fully saturated rings. The van der Waals surface area contributed by atoms with Gasteiger partial charge in [0.05, 0.1) is 6.10 Å². The molecule has 0 heterocycles. The summed E-state index contributed by atoms with van der Waals surface area (Å²) in [4.78, 5) is 2.65. The van der Waals surface area contributed by atoms with Crippen molar-refractivity contribution in [1.29, 1.82) is 0 Å². The van der Waals surface area contributed by atoms with E-state index in [1.165, 1.54) is 32.1 Å². The summed E-state index contributed by atoms with van der Waals surface area (Å²) in [5.74, 6) is 1.16. The molecule has 2 heteroatoms. The van der Waals surface area contributed by atoms with E-state index in [0.29, 0.717) is 17.9 Å². The van der Waals surface area contributed by atoms with Crippen molar-refractivity contribution in [1.82, 2.24) is 4.90 Å². The van der Waals surface area contributed by atoms with Gasteiger partial charge in [-0.25, -0.2) is 0 Å². The molecule has 0 saturated heterocycles. The lowest BCUT2D eigenvalue weighted by Crippen LogP contribution is -2.48. The molecule has 0 aromatic carbocycles. The van der Waals surface area contributed by atoms with Gasteiger partial charge in [-0.1, -0.05) is 48.0 Å². The summed E-state index contributed by atoms with van der Waals surface area (Å²) in [6, 6.07) is 0.676. The first kappa shape index (κ1) is 18.0. The first-order valence-electron chi connectivity index (χ1n) is 8.73. The van der Waals surface area contributed by atoms with Crippen LogP contribution in [0.15, 0.2) is 0 Å². The molecule has 1 saturated carbocycles. The van der Waals surface area contributed by atoms with Crippen molar-refractivity contribution in [2.24, 2.45) is 17.3 Å². The van der Waals surface area contributed by atoms with E-state index in [0.717, 1.165) is 13.1 Å². The molecule has 1 aliphatic carbocycles. The van der Waals surface area contributed by atoms with Crippen molar-refractivity contribution in [3.8, 4) is 0 Å². The zero-order chi connectivity index (χ0) is 15.3. The van der Waals surface area contributed by atoms with Crippen LogP contribution < -0.4 is 0 Å². The summed E-state index contributed by atoms with van der Waals surface area (Å²) < 4.78 is 0. The van der Waals surface area contributed by atoms with E-state index >= 15 is 0 Å². The van der Waals surface area contributed by atoms with Gasteiger partial charge in [0.2, 0.25) is 0 Å². The maximum atomic E-state index is 10.7. The van der Waals surface area contributed by atoms with E-state index in [1.807, 2.05) is 0 Å². The Bertz CT molecular complexity index is 271. The summed E-state index contributed by atoms with van der Waals surface area (Å²) in [6.07, 6.45) is 5.93. The molecule has 0 aromatic heterocycles. The molecule has 0 aromatic rings. The number of hydrogen-bond donors (Lipinski definition) is 1. The Morgan fingerprint density at radius 3 is 2.30 bits per heavy atom. The summed E-state index contributed by atoms with van der Waals surface area (Å²) in [7, 11) is 0. The van der Waals surface area contributed by atoms with Crippen molar-refractivity contribution in [3.05, 3.63) is 0 Å². The van der Waals surface area contributed by atoms with Crippen molar-refractivity contribution in [3.63, 3.8) is 0 Å². The third-order valence-corrected chi connectivity index (χ3v) is 5.17. The van der Waals surface area contributed by atoms with Gasteiger partial charge in [0.1, 0.15) is 0 Å². The van der Waals surface area contributed by atoms with Crippen LogP contribution in [-0.4, -0.2) is 35.2 Å². The molecule has 20 heavy (non-hydrogen) atoms. The van der Waals surface area contributed by atoms with Crippen LogP contribution in [0.1, 0.15) is 73.6 Å². The van der Waals surface area contributed by atoms with Crippen molar-refractivity contribution in [2.45, 2.75) is 85.8 Å². The number of aliphatic hydroxyl groups is 1. The maximum absolute atomic E-state index is 10.7. The van der Waals surface area contributed by atoms with Crippen LogP contribution in [0.5, 0.6) is 0 Å². The van der Waals surface area contributed by atoms with Crippen molar-refractivity contribution < 1.29 is 5.11 Å². The van der Waals surface area contributed by atoms with Gasteiger partial charge < -0.3 is 5.11 Å². The second-order valence-electron chi connectivity index (χ2n) is 7.90. The van der Waals surface area contributed by atoms with Crippen LogP contribution in [0.2, 0.25) is 0 Å². The van der Waals surface area contributed by atoms with Gasteiger partial charge in [-0.3, -0.25) is 4.90 Å². The molecule has 1 rings (SSSR count). The quantitative estimate of drug-likeness (QED) is 0.752. The standard InChI is InChI=1S/C18H37NO/c1-7-16(8-2)19(12-14(3)4)13-15-10-9-11-18(5,6)17(15)20/h14-17,20H,7-13H2,1-6H3. The Morgan fingerprint density at radius 1 is 1.20 bits per heavy atom. The van der Waals surface area contributed by atoms with Crippen LogP contribution in [-0.2, 0) is 0 Å². The predicted octanol–water partition coefficient (Wildman–Crippen LogP) is 4.32. The molecule has 0 spiro atoms. The molecule has 0 bridgehead atoms. The van der Waals surface area contributed by atoms with E-state index in [9.17, 15) is 5.11 Å². The average Bonchev–Trinajstić information content (AvgIpc) is 2.35. The Hall–Kier alpha value is -0.0800. The third kappa shape index (κ3) is 4.73. The van der Waals surface area contributed by atoms with Gasteiger partial charge >= 0.3 is 0 Å². The Morgan fingerprint density at radius 2 is 1.80 bits per heavy atom. The number of hydrogen-bond acceptors (Lipinski definition) is 2. The summed E-state index contributed by atoms with van der Waals surface area (Å²) in [5, 5.41) is 10.7. The molecule has 120 valence electrons. The maximum Gasteiger partial charge on any atom is 0.0631 e. The van der Waals surface area contributed by atoms with E-state index in [4.69, 9.17) is 0 Å². The second-order valence-corrected chi connectivity index (χ2v) is 7.90. The van der Waals surface area contributed by atoms with Crippen LogP contribution in [0.3, 0.4) is 0 Å². The van der Waals surface area contributed by atoms with Gasteiger partial charge in [0, 0.05) is 19.1 Å². The fraction of sp³-hybridized carbons (Fsp3) is 1.00. The smallest absolute Gasteiger partial charge is 0.0631 e. The number of rotatable bonds is 7. The molecular weight excluding hydrogens is 246 g/mol. The zero-order valence-corrected chi connectivity index (χ0v) is 14.7. The number of aliphatic hydroxyl groups excluding tert-OH is 1. The summed E-state index contributed by atoms with van der Waals surface area (Å²) in [6.45, 7) is 15.9. The minimum Gasteiger partial charge on any atom is -0.392 e. The van der Waals surface area contributed by atoms with Crippen LogP contribution in [0.25, 0.3) is 0 Å². The van der Waals surface area contributed by atoms with Crippen LogP contribution >= 0.6 is 0 Å². The van der Waals surface area contributed by atoms with Gasteiger partial charge in [-0.05, 0) is 42.9 Å². The SMILES string of the molecule is CCC(CC)N(CC(C)C)CC1CCCC(C)(C)C1O. The Kier molecular flexibility index (Phi) is 7.00. The van der Waals surface area contributed by atoms with Crippen LogP contribution in [0, 0.1) is 17.3 Å². The highest BCUT2D eigenvalue weighted by Gasteiger charge is 2.38. The fourth-order valence-electron chi connectivity index (χ4n) is 3.90. The van der Waals surface area contributed by atoms with E-state index < -0.39 is 0 Å². The summed E-state index contributed by atoms with van der Waals surface area (Å²) in [5.41, 5.74) is 0.0976. The fourth-order valence-corrected chi connectivity index (χ4v) is 3.90. The molecule has 1 aliphatic rings. The van der Waals surface area contributed by atoms with Crippen molar-refractivity contribution >= 4 is 0 Å². The predicted molar refractivity (Wildman–Crippen MR) is 87.9 cm³/mol. The van der Waals surface area contributed by atoms with E-state index in [1.54, 1.807) is 0 Å². The minimum absolute atomic E-state index is 0.0976. The minimum atomic E-state index is -0.139. The molecular formula is C18H37NO. The first-order valence-corrected chi connectivity index (χ1v) is 8.73. The lowest BCUT2D eigenvalue weighted by molar-refractivity contribution is -0.0484. The molecule has 0 radical (unpaired) electrons. The lowest BCUT2D eigenvalue weighted by atomic mass is 9.69. The van der Waals surface area contributed by atoms with Gasteiger partial charge in [0.25, 0.3) is 0 Å². The normalized spacial score (nSPS) is 26.7. The van der Waals surface area contributed by atoms with Crippen molar-refractivity contribution in [2.75, 3.05) is 13.1 Å². The topological polar surface area (TPSA) is 23.5 Å². The Balaban J connectivity index is 2.72. The number of nitrogens with zero attached hydrogens (tertiary/aromatic N) is 1. The third-order valence-electron chi connectivity index (χ3n) is 5.17. The van der Waals surface area contributed by atoms with E-state index in [-0.39, 0.29) is 11.5 Å². The first-order chi connectivity index (χ1) is 9.31. The molecule has 1 N–H and O–H groups in total. The van der Waals surface area contributed by atoms with E-state index in [2.05, 4.69) is 46.4 Å². The van der Waals surface area contributed by atoms with Gasteiger partial charge in [0.15, 0.2) is 0 Å². The van der Waals surface area contributed by atoms with Gasteiger partial charge in [-0.15, -0.1) is 0 Å². The highest BCUT2D eigenvalue weighted by molar-refractivity contribution is 4.90. The lowest BCUT2D eigenvalue weighted by Gasteiger charge is -2.44. The largest absolute Gasteiger partial charge is 0.392 e. The highest BCUT2D eigenvalue weighted by Crippen LogP contribution is 2.39. The average molecular weight is 283 g/mol. The van der Waals surface area contributed by atoms with Crippen LogP contribution in [0.4, 0.5) is 0 Å². The Labute approximate surface area is 126 Å². The molecule has 0 amide bonds. The van der Waals surface area contributed by atoms with Gasteiger partial charge in [-0.2, -0.15) is 0 Å².